The van der Waals surface area contributed by atoms with E-state index in [0.717, 1.165) is 0 Å². The Bertz CT molecular complexity index is 365. The SMILES string of the molecule is C[C@H](NC(=O)CN)C(=O)[N]c1ccccc1. The molecule has 3 N–H and O–H groups in total. The van der Waals surface area contributed by atoms with Gasteiger partial charge < -0.3 is 11.1 Å². The number of nitrogens with two attached hydrogens (primary N) is 1. The molecule has 0 unspecified atom stereocenters. The second kappa shape index (κ2) is 5.87. The number of carbonyl (C=O) groups excluding carboxylic acids is 2. The van der Waals surface area contributed by atoms with Gasteiger partial charge in [-0.15, -0.1) is 0 Å². The quantitative estimate of drug-likeness (QED) is 0.743. The zero-order valence-electron chi connectivity index (χ0n) is 9.01. The fraction of sp³-hybridized carbons (Fsp3) is 0.273. The highest BCUT2D eigenvalue weighted by Gasteiger charge is 2.15. The molecule has 0 bridgehead atoms. The third-order valence-corrected chi connectivity index (χ3v) is 1.93. The molecule has 1 rings (SSSR count). The van der Waals surface area contributed by atoms with Crippen LogP contribution in [0.1, 0.15) is 6.92 Å². The minimum Gasteiger partial charge on any atom is -0.343 e. The summed E-state index contributed by atoms with van der Waals surface area (Å²) in [6.45, 7) is 1.44. The number of nitrogens with one attached hydrogen (secondary N) is 1. The van der Waals surface area contributed by atoms with Crippen molar-refractivity contribution in [3.05, 3.63) is 30.3 Å². The molecule has 5 heteroatoms. The zero-order valence-corrected chi connectivity index (χ0v) is 9.01. The van der Waals surface area contributed by atoms with E-state index in [9.17, 15) is 9.59 Å². The lowest BCUT2D eigenvalue weighted by Gasteiger charge is -2.11. The number of nitrogens with zero attached hydrogens (tertiary/aromatic N) is 1. The number of hydrogen-bond acceptors (Lipinski definition) is 3. The van der Waals surface area contributed by atoms with Crippen LogP contribution in [-0.4, -0.2) is 24.4 Å². The molecule has 0 saturated carbocycles. The van der Waals surface area contributed by atoms with Gasteiger partial charge in [-0.1, -0.05) is 18.2 Å². The first-order chi connectivity index (χ1) is 7.63. The lowest BCUT2D eigenvalue weighted by atomic mass is 10.2. The van der Waals surface area contributed by atoms with E-state index in [4.69, 9.17) is 5.73 Å². The molecule has 0 heterocycles. The maximum atomic E-state index is 11.5. The topological polar surface area (TPSA) is 86.3 Å². The van der Waals surface area contributed by atoms with Crippen LogP contribution < -0.4 is 16.4 Å². The Morgan fingerprint density at radius 2 is 2.00 bits per heavy atom. The van der Waals surface area contributed by atoms with Crippen molar-refractivity contribution in [1.82, 2.24) is 10.6 Å². The lowest BCUT2D eigenvalue weighted by Crippen LogP contribution is -2.43. The fourth-order valence-electron chi connectivity index (χ4n) is 1.09. The molecular formula is C11H14N3O2. The van der Waals surface area contributed by atoms with Gasteiger partial charge in [-0.05, 0) is 19.1 Å². The van der Waals surface area contributed by atoms with Crippen molar-refractivity contribution >= 4 is 17.5 Å². The predicted octanol–water partition coefficient (Wildman–Crippen LogP) is -0.0875. The Morgan fingerprint density at radius 3 is 2.56 bits per heavy atom. The first kappa shape index (κ1) is 12.2. The molecule has 1 aromatic carbocycles. The maximum absolute atomic E-state index is 11.5. The average Bonchev–Trinajstić information content (AvgIpc) is 2.30. The van der Waals surface area contributed by atoms with Crippen molar-refractivity contribution in [3.8, 4) is 0 Å². The van der Waals surface area contributed by atoms with Crippen molar-refractivity contribution in [1.29, 1.82) is 0 Å². The van der Waals surface area contributed by atoms with E-state index in [1.54, 1.807) is 31.2 Å². The van der Waals surface area contributed by atoms with Crippen LogP contribution in [0.3, 0.4) is 0 Å². The summed E-state index contributed by atoms with van der Waals surface area (Å²) in [6, 6.07) is 8.19. The van der Waals surface area contributed by atoms with Gasteiger partial charge in [0.15, 0.2) is 0 Å². The molecule has 1 radical (unpaired) electrons. The van der Waals surface area contributed by atoms with Crippen LogP contribution in [0, 0.1) is 0 Å². The van der Waals surface area contributed by atoms with E-state index in [2.05, 4.69) is 10.6 Å². The van der Waals surface area contributed by atoms with Gasteiger partial charge in [0.05, 0.1) is 12.2 Å². The molecule has 2 amide bonds. The molecular weight excluding hydrogens is 206 g/mol. The van der Waals surface area contributed by atoms with Crippen LogP contribution in [0.25, 0.3) is 0 Å². The summed E-state index contributed by atoms with van der Waals surface area (Å²) < 4.78 is 0. The summed E-state index contributed by atoms with van der Waals surface area (Å²) >= 11 is 0. The summed E-state index contributed by atoms with van der Waals surface area (Å²) in [6.07, 6.45) is 0. The molecule has 0 aliphatic carbocycles. The molecule has 16 heavy (non-hydrogen) atoms. The van der Waals surface area contributed by atoms with Crippen LogP contribution in [0.4, 0.5) is 5.69 Å². The highest BCUT2D eigenvalue weighted by molar-refractivity contribution is 5.89. The summed E-state index contributed by atoms with van der Waals surface area (Å²) in [5.41, 5.74) is 5.69. The molecule has 5 nitrogen and oxygen atoms in total. The Hall–Kier alpha value is -1.88. The van der Waals surface area contributed by atoms with Crippen LogP contribution in [-0.2, 0) is 9.59 Å². The first-order valence-corrected chi connectivity index (χ1v) is 4.93. The molecule has 0 fully saturated rings. The van der Waals surface area contributed by atoms with Crippen molar-refractivity contribution in [2.24, 2.45) is 5.73 Å². The molecule has 0 aliphatic rings. The normalized spacial score (nSPS) is 11.6. The third kappa shape index (κ3) is 3.70. The fourth-order valence-corrected chi connectivity index (χ4v) is 1.09. The van der Waals surface area contributed by atoms with Gasteiger partial charge in [0.25, 0.3) is 5.91 Å². The second-order valence-electron chi connectivity index (χ2n) is 3.28. The monoisotopic (exact) mass is 220 g/mol. The minimum absolute atomic E-state index is 0.136. The van der Waals surface area contributed by atoms with Gasteiger partial charge in [0.2, 0.25) is 5.91 Å². The van der Waals surface area contributed by atoms with Crippen LogP contribution in [0.15, 0.2) is 30.3 Å². The Morgan fingerprint density at radius 1 is 1.38 bits per heavy atom. The number of benzene rings is 1. The molecule has 85 valence electrons. The van der Waals surface area contributed by atoms with Crippen LogP contribution in [0.2, 0.25) is 0 Å². The summed E-state index contributed by atoms with van der Waals surface area (Å²) in [5.74, 6) is -0.767. The summed E-state index contributed by atoms with van der Waals surface area (Å²) in [4.78, 5) is 22.5. The van der Waals surface area contributed by atoms with Gasteiger partial charge in [0.1, 0.15) is 6.04 Å². The number of carbonyl (C=O) groups is 2. The van der Waals surface area contributed by atoms with E-state index >= 15 is 0 Å². The van der Waals surface area contributed by atoms with Gasteiger partial charge in [-0.2, -0.15) is 0 Å². The summed E-state index contributed by atoms with van der Waals surface area (Å²) in [5, 5.41) is 6.29. The van der Waals surface area contributed by atoms with Gasteiger partial charge in [0, 0.05) is 0 Å². The number of para-hydroxylation sites is 1. The van der Waals surface area contributed by atoms with E-state index < -0.39 is 11.9 Å². The molecule has 1 aromatic rings. The van der Waals surface area contributed by atoms with Crippen molar-refractivity contribution in [2.75, 3.05) is 6.54 Å². The highest BCUT2D eigenvalue weighted by atomic mass is 16.2. The zero-order chi connectivity index (χ0) is 12.0. The molecule has 1 atom stereocenters. The molecule has 0 saturated heterocycles. The van der Waals surface area contributed by atoms with Crippen LogP contribution in [0.5, 0.6) is 0 Å². The number of rotatable bonds is 4. The van der Waals surface area contributed by atoms with Crippen molar-refractivity contribution in [2.45, 2.75) is 13.0 Å². The van der Waals surface area contributed by atoms with E-state index in [1.807, 2.05) is 6.07 Å². The molecule has 0 aromatic heterocycles. The Labute approximate surface area is 94.0 Å². The van der Waals surface area contributed by atoms with Gasteiger partial charge >= 0.3 is 0 Å². The second-order valence-corrected chi connectivity index (χ2v) is 3.28. The standard InChI is InChI=1S/C11H14N3O2/c1-8(13-10(15)7-12)11(16)14-9-5-3-2-4-6-9/h2-6,8H,7,12H2,1H3,(H,13,15)/t8-/m0/s1. The maximum Gasteiger partial charge on any atom is 0.268 e. The Balaban J connectivity index is 2.49. The van der Waals surface area contributed by atoms with Crippen molar-refractivity contribution in [3.63, 3.8) is 0 Å². The lowest BCUT2D eigenvalue weighted by molar-refractivity contribution is -0.127. The molecule has 0 aliphatic heterocycles. The third-order valence-electron chi connectivity index (χ3n) is 1.93. The van der Waals surface area contributed by atoms with E-state index in [0.29, 0.717) is 5.69 Å². The van der Waals surface area contributed by atoms with Gasteiger partial charge in [-0.3, -0.25) is 9.59 Å². The first-order valence-electron chi connectivity index (χ1n) is 4.93. The number of amides is 2. The molecule has 0 spiro atoms. The number of hydrogen-bond donors (Lipinski definition) is 2. The van der Waals surface area contributed by atoms with E-state index in [-0.39, 0.29) is 12.5 Å². The van der Waals surface area contributed by atoms with Crippen molar-refractivity contribution < 1.29 is 9.59 Å². The largest absolute Gasteiger partial charge is 0.343 e. The Kier molecular flexibility index (Phi) is 4.47. The van der Waals surface area contributed by atoms with E-state index in [1.165, 1.54) is 0 Å². The average molecular weight is 220 g/mol. The predicted molar refractivity (Wildman–Crippen MR) is 59.9 cm³/mol. The van der Waals surface area contributed by atoms with Gasteiger partial charge in [-0.25, -0.2) is 5.32 Å². The minimum atomic E-state index is -0.656. The van der Waals surface area contributed by atoms with Crippen LogP contribution >= 0.6 is 0 Å². The smallest absolute Gasteiger partial charge is 0.268 e. The summed E-state index contributed by atoms with van der Waals surface area (Å²) in [7, 11) is 0. The highest BCUT2D eigenvalue weighted by Crippen LogP contribution is 2.05.